The molecule has 0 saturated carbocycles. The van der Waals surface area contributed by atoms with Crippen molar-refractivity contribution in [2.24, 2.45) is 0 Å². The Morgan fingerprint density at radius 2 is 2.00 bits per heavy atom. The molecule has 0 fully saturated rings. The van der Waals surface area contributed by atoms with Crippen molar-refractivity contribution in [3.05, 3.63) is 64.9 Å². The minimum Gasteiger partial charge on any atom is -0.468 e. The van der Waals surface area contributed by atoms with Gasteiger partial charge >= 0.3 is 5.97 Å². The summed E-state index contributed by atoms with van der Waals surface area (Å²) >= 11 is 5.99. The van der Waals surface area contributed by atoms with Crippen molar-refractivity contribution in [1.29, 1.82) is 0 Å². The zero-order valence-electron chi connectivity index (χ0n) is 11.5. The second kappa shape index (κ2) is 7.09. The van der Waals surface area contributed by atoms with Gasteiger partial charge in [0.2, 0.25) is 0 Å². The van der Waals surface area contributed by atoms with Gasteiger partial charge in [-0.15, -0.1) is 0 Å². The zero-order chi connectivity index (χ0) is 15.2. The SMILES string of the molecule is COC(=O)C(CNc1cc(F)ccc1Cl)c1ccccc1. The van der Waals surface area contributed by atoms with Crippen molar-refractivity contribution in [3.63, 3.8) is 0 Å². The highest BCUT2D eigenvalue weighted by Crippen LogP contribution is 2.24. The van der Waals surface area contributed by atoms with E-state index in [4.69, 9.17) is 16.3 Å². The first-order valence-electron chi connectivity index (χ1n) is 6.43. The molecule has 0 aromatic heterocycles. The predicted octanol–water partition coefficient (Wildman–Crippen LogP) is 3.85. The van der Waals surface area contributed by atoms with Gasteiger partial charge in [0, 0.05) is 6.54 Å². The molecule has 0 aliphatic rings. The van der Waals surface area contributed by atoms with Crippen LogP contribution in [0.4, 0.5) is 10.1 Å². The molecule has 2 aromatic carbocycles. The maximum absolute atomic E-state index is 13.2. The minimum atomic E-state index is -0.490. The maximum atomic E-state index is 13.2. The summed E-state index contributed by atoms with van der Waals surface area (Å²) in [5.41, 5.74) is 1.27. The highest BCUT2D eigenvalue weighted by atomic mass is 35.5. The van der Waals surface area contributed by atoms with Gasteiger partial charge in [-0.05, 0) is 23.8 Å². The lowest BCUT2D eigenvalue weighted by molar-refractivity contribution is -0.142. The van der Waals surface area contributed by atoms with E-state index >= 15 is 0 Å². The molecule has 0 bridgehead atoms. The summed E-state index contributed by atoms with van der Waals surface area (Å²) in [4.78, 5) is 11.9. The third-order valence-electron chi connectivity index (χ3n) is 3.11. The fraction of sp³-hybridized carbons (Fsp3) is 0.188. The summed E-state index contributed by atoms with van der Waals surface area (Å²) in [6.45, 7) is 0.264. The molecular formula is C16H15ClFNO2. The van der Waals surface area contributed by atoms with E-state index in [0.29, 0.717) is 10.7 Å². The van der Waals surface area contributed by atoms with Crippen LogP contribution in [0.15, 0.2) is 48.5 Å². The summed E-state index contributed by atoms with van der Waals surface area (Å²) in [5.74, 6) is -1.24. The lowest BCUT2D eigenvalue weighted by Gasteiger charge is -2.17. The third-order valence-corrected chi connectivity index (χ3v) is 3.44. The summed E-state index contributed by atoms with van der Waals surface area (Å²) in [6, 6.07) is 13.3. The van der Waals surface area contributed by atoms with Crippen LogP contribution in [-0.2, 0) is 9.53 Å². The quantitative estimate of drug-likeness (QED) is 0.853. The van der Waals surface area contributed by atoms with Crippen LogP contribution in [0.1, 0.15) is 11.5 Å². The lowest BCUT2D eigenvalue weighted by atomic mass is 9.99. The van der Waals surface area contributed by atoms with Crippen LogP contribution < -0.4 is 5.32 Å². The Morgan fingerprint density at radius 1 is 1.29 bits per heavy atom. The molecule has 0 heterocycles. The topological polar surface area (TPSA) is 38.3 Å². The number of methoxy groups -OCH3 is 1. The van der Waals surface area contributed by atoms with E-state index < -0.39 is 11.7 Å². The zero-order valence-corrected chi connectivity index (χ0v) is 12.2. The molecule has 0 radical (unpaired) electrons. The minimum absolute atomic E-state index is 0.264. The number of halogens is 2. The number of benzene rings is 2. The van der Waals surface area contributed by atoms with Gasteiger partial charge in [-0.1, -0.05) is 41.9 Å². The fourth-order valence-electron chi connectivity index (χ4n) is 2.01. The number of hydrogen-bond donors (Lipinski definition) is 1. The van der Waals surface area contributed by atoms with E-state index in [0.717, 1.165) is 5.56 Å². The number of rotatable bonds is 5. The molecule has 110 valence electrons. The van der Waals surface area contributed by atoms with Crippen LogP contribution in [0.3, 0.4) is 0 Å². The van der Waals surface area contributed by atoms with Crippen LogP contribution in [-0.4, -0.2) is 19.6 Å². The molecule has 21 heavy (non-hydrogen) atoms. The van der Waals surface area contributed by atoms with Gasteiger partial charge in [0.25, 0.3) is 0 Å². The predicted molar refractivity (Wildman–Crippen MR) is 81.1 cm³/mol. The first kappa shape index (κ1) is 15.3. The number of carbonyl (C=O) groups excluding carboxylic acids is 1. The average Bonchev–Trinajstić information content (AvgIpc) is 2.51. The Kier molecular flexibility index (Phi) is 5.17. The van der Waals surface area contributed by atoms with Gasteiger partial charge in [0.15, 0.2) is 0 Å². The molecule has 5 heteroatoms. The molecule has 0 saturated heterocycles. The van der Waals surface area contributed by atoms with Gasteiger partial charge in [-0.25, -0.2) is 4.39 Å². The summed E-state index contributed by atoms with van der Waals surface area (Å²) in [5, 5.41) is 3.39. The average molecular weight is 308 g/mol. The Balaban J connectivity index is 2.16. The van der Waals surface area contributed by atoms with Crippen LogP contribution in [0.5, 0.6) is 0 Å². The first-order valence-corrected chi connectivity index (χ1v) is 6.81. The van der Waals surface area contributed by atoms with E-state index in [-0.39, 0.29) is 12.5 Å². The number of esters is 1. The first-order chi connectivity index (χ1) is 10.1. The van der Waals surface area contributed by atoms with E-state index in [2.05, 4.69) is 5.32 Å². The Hall–Kier alpha value is -2.07. The van der Waals surface area contributed by atoms with Crippen LogP contribution in [0, 0.1) is 5.82 Å². The second-order valence-corrected chi connectivity index (χ2v) is 4.90. The number of anilines is 1. The number of nitrogens with one attached hydrogen (secondary N) is 1. The normalized spacial score (nSPS) is 11.8. The molecule has 0 amide bonds. The van der Waals surface area contributed by atoms with Crippen molar-refractivity contribution in [3.8, 4) is 0 Å². The van der Waals surface area contributed by atoms with Gasteiger partial charge in [0.05, 0.1) is 23.7 Å². The molecule has 2 aromatic rings. The smallest absolute Gasteiger partial charge is 0.314 e. The molecule has 1 unspecified atom stereocenters. The number of hydrogen-bond acceptors (Lipinski definition) is 3. The molecule has 1 N–H and O–H groups in total. The third kappa shape index (κ3) is 3.95. The van der Waals surface area contributed by atoms with E-state index in [1.165, 1.54) is 25.3 Å². The molecule has 0 aliphatic carbocycles. The van der Waals surface area contributed by atoms with Crippen molar-refractivity contribution in [1.82, 2.24) is 0 Å². The van der Waals surface area contributed by atoms with E-state index in [1.807, 2.05) is 30.3 Å². The van der Waals surface area contributed by atoms with Crippen LogP contribution in [0.2, 0.25) is 5.02 Å². The molecule has 0 aliphatic heterocycles. The number of ether oxygens (including phenoxy) is 1. The van der Waals surface area contributed by atoms with Gasteiger partial charge < -0.3 is 10.1 Å². The van der Waals surface area contributed by atoms with Gasteiger partial charge in [0.1, 0.15) is 5.82 Å². The van der Waals surface area contributed by atoms with Crippen molar-refractivity contribution in [2.75, 3.05) is 19.0 Å². The summed E-state index contributed by atoms with van der Waals surface area (Å²) in [7, 11) is 1.34. The Labute approximate surface area is 127 Å². The fourth-order valence-corrected chi connectivity index (χ4v) is 2.19. The lowest BCUT2D eigenvalue weighted by Crippen LogP contribution is -2.22. The molecule has 3 nitrogen and oxygen atoms in total. The van der Waals surface area contributed by atoms with E-state index in [9.17, 15) is 9.18 Å². The number of carbonyl (C=O) groups is 1. The Morgan fingerprint density at radius 3 is 2.67 bits per heavy atom. The standard InChI is InChI=1S/C16H15ClFNO2/c1-21-16(20)13(11-5-3-2-4-6-11)10-19-15-9-12(18)7-8-14(15)17/h2-9,13,19H,10H2,1H3. The monoisotopic (exact) mass is 307 g/mol. The second-order valence-electron chi connectivity index (χ2n) is 4.49. The summed E-state index contributed by atoms with van der Waals surface area (Å²) < 4.78 is 18.1. The molecule has 1 atom stereocenters. The summed E-state index contributed by atoms with van der Waals surface area (Å²) in [6.07, 6.45) is 0. The van der Waals surface area contributed by atoms with Crippen molar-refractivity contribution < 1.29 is 13.9 Å². The molecular weight excluding hydrogens is 293 g/mol. The van der Waals surface area contributed by atoms with Crippen molar-refractivity contribution in [2.45, 2.75) is 5.92 Å². The largest absolute Gasteiger partial charge is 0.468 e. The van der Waals surface area contributed by atoms with Crippen molar-refractivity contribution >= 4 is 23.3 Å². The molecule has 2 rings (SSSR count). The van der Waals surface area contributed by atoms with Crippen LogP contribution >= 0.6 is 11.6 Å². The Bertz CT molecular complexity index is 619. The highest BCUT2D eigenvalue weighted by Gasteiger charge is 2.21. The van der Waals surface area contributed by atoms with Crippen LogP contribution in [0.25, 0.3) is 0 Å². The van der Waals surface area contributed by atoms with Gasteiger partial charge in [-0.3, -0.25) is 4.79 Å². The van der Waals surface area contributed by atoms with E-state index in [1.54, 1.807) is 0 Å². The highest BCUT2D eigenvalue weighted by molar-refractivity contribution is 6.33. The van der Waals surface area contributed by atoms with Gasteiger partial charge in [-0.2, -0.15) is 0 Å². The maximum Gasteiger partial charge on any atom is 0.314 e. The molecule has 0 spiro atoms.